The third-order valence-corrected chi connectivity index (χ3v) is 5.27. The van der Waals surface area contributed by atoms with E-state index in [1.807, 2.05) is 30.3 Å². The lowest BCUT2D eigenvalue weighted by Crippen LogP contribution is -2.30. The van der Waals surface area contributed by atoms with Crippen molar-refractivity contribution >= 4 is 17.5 Å². The van der Waals surface area contributed by atoms with E-state index < -0.39 is 0 Å². The third-order valence-electron chi connectivity index (χ3n) is 5.27. The summed E-state index contributed by atoms with van der Waals surface area (Å²) >= 11 is 0. The Bertz CT molecular complexity index is 1210. The first kappa shape index (κ1) is 22.9. The van der Waals surface area contributed by atoms with E-state index in [0.717, 1.165) is 16.8 Å². The number of aromatic nitrogens is 1. The molecular formula is C27H24FN3O3. The maximum Gasteiger partial charge on any atom is 0.294 e. The number of pyridine rings is 1. The van der Waals surface area contributed by atoms with Gasteiger partial charge in [-0.1, -0.05) is 30.3 Å². The van der Waals surface area contributed by atoms with Gasteiger partial charge >= 0.3 is 0 Å². The van der Waals surface area contributed by atoms with Crippen LogP contribution in [0.3, 0.4) is 0 Å². The van der Waals surface area contributed by atoms with Crippen LogP contribution in [0.4, 0.5) is 10.1 Å². The van der Waals surface area contributed by atoms with Gasteiger partial charge < -0.3 is 14.6 Å². The van der Waals surface area contributed by atoms with Crippen molar-refractivity contribution in [3.8, 4) is 0 Å². The van der Waals surface area contributed by atoms with E-state index in [9.17, 15) is 14.0 Å². The molecule has 0 atom stereocenters. The van der Waals surface area contributed by atoms with Crippen molar-refractivity contribution in [2.75, 3.05) is 11.4 Å². The van der Waals surface area contributed by atoms with Gasteiger partial charge in [0.1, 0.15) is 5.82 Å². The first-order chi connectivity index (χ1) is 16.6. The van der Waals surface area contributed by atoms with Crippen molar-refractivity contribution in [2.24, 2.45) is 0 Å². The van der Waals surface area contributed by atoms with E-state index in [2.05, 4.69) is 10.3 Å². The standard InChI is InChI=1S/C27H24FN3O3/c28-22-10-6-21(7-11-22)19-31(27(33)25-5-3-17-34-25)24-12-8-20(9-13-24)18-26(32)30-16-14-23-4-1-2-15-29-23/h1-13,15,17H,14,16,18-19H2,(H,30,32). The molecule has 2 amide bonds. The summed E-state index contributed by atoms with van der Waals surface area (Å²) in [4.78, 5) is 31.2. The SMILES string of the molecule is O=C(Cc1ccc(N(Cc2ccc(F)cc2)C(=O)c2ccco2)cc1)NCCc1ccccn1. The Morgan fingerprint density at radius 3 is 2.35 bits per heavy atom. The maximum absolute atomic E-state index is 13.3. The minimum atomic E-state index is -0.338. The Morgan fingerprint density at radius 1 is 0.912 bits per heavy atom. The van der Waals surface area contributed by atoms with Crippen LogP contribution in [0.1, 0.15) is 27.4 Å². The molecule has 0 aliphatic carbocycles. The summed E-state index contributed by atoms with van der Waals surface area (Å²) in [7, 11) is 0. The quantitative estimate of drug-likeness (QED) is 0.400. The second kappa shape index (κ2) is 11.0. The van der Waals surface area contributed by atoms with Crippen LogP contribution in [-0.4, -0.2) is 23.3 Å². The highest BCUT2D eigenvalue weighted by atomic mass is 19.1. The van der Waals surface area contributed by atoms with E-state index in [-0.39, 0.29) is 36.4 Å². The van der Waals surface area contributed by atoms with Gasteiger partial charge in [0.2, 0.25) is 5.91 Å². The number of nitrogens with zero attached hydrogens (tertiary/aromatic N) is 2. The number of carbonyl (C=O) groups is 2. The predicted molar refractivity (Wildman–Crippen MR) is 127 cm³/mol. The summed E-state index contributed by atoms with van der Waals surface area (Å²) in [5.74, 6) is -0.526. The minimum absolute atomic E-state index is 0.0847. The first-order valence-electron chi connectivity index (χ1n) is 10.9. The summed E-state index contributed by atoms with van der Waals surface area (Å²) in [6.45, 7) is 0.754. The van der Waals surface area contributed by atoms with Gasteiger partial charge in [-0.2, -0.15) is 0 Å². The molecule has 4 rings (SSSR count). The Balaban J connectivity index is 1.41. The predicted octanol–water partition coefficient (Wildman–Crippen LogP) is 4.56. The number of carbonyl (C=O) groups excluding carboxylic acids is 2. The van der Waals surface area contributed by atoms with E-state index in [1.165, 1.54) is 18.4 Å². The number of furan rings is 1. The highest BCUT2D eigenvalue weighted by Crippen LogP contribution is 2.22. The van der Waals surface area contributed by atoms with Gasteiger partial charge in [0.05, 0.1) is 19.2 Å². The van der Waals surface area contributed by atoms with E-state index in [4.69, 9.17) is 4.42 Å². The zero-order valence-electron chi connectivity index (χ0n) is 18.5. The van der Waals surface area contributed by atoms with Gasteiger partial charge in [-0.15, -0.1) is 0 Å². The summed E-state index contributed by atoms with van der Waals surface area (Å²) in [6.07, 6.45) is 4.07. The number of amides is 2. The number of rotatable bonds is 9. The molecule has 0 radical (unpaired) electrons. The average Bonchev–Trinajstić information content (AvgIpc) is 3.40. The average molecular weight is 458 g/mol. The van der Waals surface area contributed by atoms with Gasteiger partial charge in [-0.25, -0.2) is 4.39 Å². The van der Waals surface area contributed by atoms with Gasteiger partial charge in [-0.3, -0.25) is 14.6 Å². The van der Waals surface area contributed by atoms with Crippen molar-refractivity contribution in [1.82, 2.24) is 10.3 Å². The molecule has 0 aliphatic rings. The molecule has 1 N–H and O–H groups in total. The molecule has 2 heterocycles. The van der Waals surface area contributed by atoms with Gasteiger partial charge in [-0.05, 0) is 59.7 Å². The second-order valence-corrected chi connectivity index (χ2v) is 7.76. The van der Waals surface area contributed by atoms with Crippen LogP contribution in [0, 0.1) is 5.82 Å². The minimum Gasteiger partial charge on any atom is -0.459 e. The largest absolute Gasteiger partial charge is 0.459 e. The normalized spacial score (nSPS) is 10.6. The molecule has 0 fully saturated rings. The highest BCUT2D eigenvalue weighted by molar-refractivity contribution is 6.04. The Labute approximate surface area is 197 Å². The van der Waals surface area contributed by atoms with Crippen molar-refractivity contribution in [1.29, 1.82) is 0 Å². The van der Waals surface area contributed by atoms with Gasteiger partial charge in [0, 0.05) is 30.5 Å². The third kappa shape index (κ3) is 6.16. The van der Waals surface area contributed by atoms with Crippen LogP contribution >= 0.6 is 0 Å². The van der Waals surface area contributed by atoms with E-state index >= 15 is 0 Å². The molecule has 172 valence electrons. The Hall–Kier alpha value is -4.26. The van der Waals surface area contributed by atoms with E-state index in [0.29, 0.717) is 18.7 Å². The summed E-state index contributed by atoms with van der Waals surface area (Å²) in [6, 6.07) is 22.2. The van der Waals surface area contributed by atoms with Gasteiger partial charge in [0.25, 0.3) is 5.91 Å². The van der Waals surface area contributed by atoms with Crippen molar-refractivity contribution in [3.05, 3.63) is 120 Å². The van der Waals surface area contributed by atoms with E-state index in [1.54, 1.807) is 47.5 Å². The first-order valence-corrected chi connectivity index (χ1v) is 10.9. The smallest absolute Gasteiger partial charge is 0.294 e. The fourth-order valence-corrected chi connectivity index (χ4v) is 3.50. The number of anilines is 1. The summed E-state index contributed by atoms with van der Waals surface area (Å²) in [5, 5.41) is 2.90. The molecule has 0 aliphatic heterocycles. The molecule has 0 saturated carbocycles. The fraction of sp³-hybridized carbons (Fsp3) is 0.148. The monoisotopic (exact) mass is 457 g/mol. The van der Waals surface area contributed by atoms with Gasteiger partial charge in [0.15, 0.2) is 5.76 Å². The second-order valence-electron chi connectivity index (χ2n) is 7.76. The van der Waals surface area contributed by atoms with Crippen LogP contribution in [0.5, 0.6) is 0 Å². The summed E-state index contributed by atoms with van der Waals surface area (Å²) in [5.41, 5.74) is 3.17. The number of nitrogens with one attached hydrogen (secondary N) is 1. The molecule has 7 heteroatoms. The zero-order chi connectivity index (χ0) is 23.8. The molecule has 2 aromatic heterocycles. The topological polar surface area (TPSA) is 75.4 Å². The molecule has 0 saturated heterocycles. The lowest BCUT2D eigenvalue weighted by Gasteiger charge is -2.22. The molecule has 0 unspecified atom stereocenters. The van der Waals surface area contributed by atoms with Crippen LogP contribution in [0.15, 0.2) is 95.7 Å². The number of benzene rings is 2. The lowest BCUT2D eigenvalue weighted by molar-refractivity contribution is -0.120. The molecule has 6 nitrogen and oxygen atoms in total. The summed E-state index contributed by atoms with van der Waals surface area (Å²) < 4.78 is 18.6. The van der Waals surface area contributed by atoms with Crippen LogP contribution in [0.25, 0.3) is 0 Å². The zero-order valence-corrected chi connectivity index (χ0v) is 18.5. The molecule has 0 bridgehead atoms. The van der Waals surface area contributed by atoms with Crippen LogP contribution in [0.2, 0.25) is 0 Å². The van der Waals surface area contributed by atoms with Crippen molar-refractivity contribution < 1.29 is 18.4 Å². The van der Waals surface area contributed by atoms with Crippen molar-refractivity contribution in [3.63, 3.8) is 0 Å². The molecule has 34 heavy (non-hydrogen) atoms. The molecule has 4 aromatic rings. The number of hydrogen-bond donors (Lipinski definition) is 1. The number of hydrogen-bond acceptors (Lipinski definition) is 4. The van der Waals surface area contributed by atoms with Crippen LogP contribution < -0.4 is 10.2 Å². The Morgan fingerprint density at radius 2 is 1.68 bits per heavy atom. The molecule has 2 aromatic carbocycles. The maximum atomic E-state index is 13.3. The number of halogens is 1. The highest BCUT2D eigenvalue weighted by Gasteiger charge is 2.20. The Kier molecular flexibility index (Phi) is 7.45. The molecule has 0 spiro atoms. The van der Waals surface area contributed by atoms with Crippen LogP contribution in [-0.2, 0) is 24.2 Å². The van der Waals surface area contributed by atoms with Crippen molar-refractivity contribution in [2.45, 2.75) is 19.4 Å². The molecular weight excluding hydrogens is 433 g/mol. The fourth-order valence-electron chi connectivity index (χ4n) is 3.50. The lowest BCUT2D eigenvalue weighted by atomic mass is 10.1.